The van der Waals surface area contributed by atoms with Crippen molar-refractivity contribution in [2.24, 2.45) is 11.3 Å². The molecule has 0 amide bonds. The van der Waals surface area contributed by atoms with Gasteiger partial charge in [-0.05, 0) is 38.0 Å². The van der Waals surface area contributed by atoms with Gasteiger partial charge in [-0.15, -0.1) is 0 Å². The van der Waals surface area contributed by atoms with E-state index in [-0.39, 0.29) is 0 Å². The first-order valence-electron chi connectivity index (χ1n) is 8.06. The first-order valence-corrected chi connectivity index (χ1v) is 8.97. The Labute approximate surface area is 120 Å². The number of rotatable bonds is 3. The first kappa shape index (κ1) is 13.4. The Morgan fingerprint density at radius 2 is 1.83 bits per heavy atom. The van der Waals surface area contributed by atoms with E-state index in [1.54, 1.807) is 0 Å². The molecule has 0 N–H and O–H groups in total. The zero-order valence-corrected chi connectivity index (χ0v) is 13.3. The molecule has 1 nitrogen and oxygen atoms in total. The molecule has 3 saturated carbocycles. The van der Waals surface area contributed by atoms with Gasteiger partial charge in [0.2, 0.25) is 0 Å². The summed E-state index contributed by atoms with van der Waals surface area (Å²) in [5, 5.41) is 0. The normalized spacial score (nSPS) is 43.0. The third-order valence-corrected chi connectivity index (χ3v) is 7.21. The lowest BCUT2D eigenvalue weighted by Crippen LogP contribution is -2.55. The second-order valence-corrected chi connectivity index (χ2v) is 7.86. The van der Waals surface area contributed by atoms with Crippen LogP contribution in [0.5, 0.6) is 0 Å². The van der Waals surface area contributed by atoms with Gasteiger partial charge in [0, 0.05) is 10.2 Å². The minimum Gasteiger partial charge on any atom is -0.374 e. The summed E-state index contributed by atoms with van der Waals surface area (Å²) >= 11 is 3.90. The number of hydrogen-bond acceptors (Lipinski definition) is 1. The van der Waals surface area contributed by atoms with Gasteiger partial charge in [-0.3, -0.25) is 0 Å². The van der Waals surface area contributed by atoms with Crippen molar-refractivity contribution < 1.29 is 4.74 Å². The molecule has 0 aromatic heterocycles. The highest BCUT2D eigenvalue weighted by Gasteiger charge is 2.56. The van der Waals surface area contributed by atoms with Gasteiger partial charge in [-0.25, -0.2) is 0 Å². The average Bonchev–Trinajstić information content (AvgIpc) is 2.91. The fourth-order valence-corrected chi connectivity index (χ4v) is 5.68. The second kappa shape index (κ2) is 5.44. The lowest BCUT2D eigenvalue weighted by molar-refractivity contribution is -0.156. The largest absolute Gasteiger partial charge is 0.374 e. The van der Waals surface area contributed by atoms with Crippen LogP contribution >= 0.6 is 15.9 Å². The molecule has 0 radical (unpaired) electrons. The number of halogens is 1. The van der Waals surface area contributed by atoms with Gasteiger partial charge in [-0.1, -0.05) is 55.0 Å². The molecule has 3 rings (SSSR count). The van der Waals surface area contributed by atoms with E-state index in [0.717, 1.165) is 10.7 Å². The lowest BCUT2D eigenvalue weighted by Gasteiger charge is -2.53. The van der Waals surface area contributed by atoms with Gasteiger partial charge in [0.25, 0.3) is 0 Å². The Bertz CT molecular complexity index is 285. The quantitative estimate of drug-likeness (QED) is 0.661. The van der Waals surface area contributed by atoms with Crippen molar-refractivity contribution in [1.82, 2.24) is 0 Å². The van der Waals surface area contributed by atoms with Gasteiger partial charge >= 0.3 is 0 Å². The fraction of sp³-hybridized carbons (Fsp3) is 1.00. The van der Waals surface area contributed by atoms with Crippen molar-refractivity contribution in [1.29, 1.82) is 0 Å². The number of hydrogen-bond donors (Lipinski definition) is 0. The van der Waals surface area contributed by atoms with Gasteiger partial charge in [-0.2, -0.15) is 0 Å². The summed E-state index contributed by atoms with van der Waals surface area (Å²) in [6.07, 6.45) is 14.9. The molecule has 4 unspecified atom stereocenters. The van der Waals surface area contributed by atoms with E-state index in [1.807, 2.05) is 0 Å². The monoisotopic (exact) mass is 314 g/mol. The van der Waals surface area contributed by atoms with Crippen LogP contribution in [0.1, 0.15) is 71.1 Å². The molecule has 104 valence electrons. The summed E-state index contributed by atoms with van der Waals surface area (Å²) in [4.78, 5) is 0.737. The van der Waals surface area contributed by atoms with E-state index in [1.165, 1.54) is 64.2 Å². The number of alkyl halides is 1. The third kappa shape index (κ3) is 2.18. The Kier molecular flexibility index (Phi) is 4.06. The predicted octanol–water partition coefficient (Wildman–Crippen LogP) is 5.07. The second-order valence-electron chi connectivity index (χ2n) is 6.76. The van der Waals surface area contributed by atoms with E-state index < -0.39 is 0 Å². The molecule has 3 aliphatic carbocycles. The topological polar surface area (TPSA) is 9.23 Å². The van der Waals surface area contributed by atoms with Crippen LogP contribution in [0, 0.1) is 11.3 Å². The summed E-state index contributed by atoms with van der Waals surface area (Å²) in [5.74, 6) is 0.839. The van der Waals surface area contributed by atoms with E-state index in [9.17, 15) is 0 Å². The molecule has 1 spiro atoms. The van der Waals surface area contributed by atoms with Crippen LogP contribution < -0.4 is 0 Å². The third-order valence-electron chi connectivity index (χ3n) is 5.92. The molecule has 18 heavy (non-hydrogen) atoms. The van der Waals surface area contributed by atoms with Crippen LogP contribution in [0.15, 0.2) is 0 Å². The Morgan fingerprint density at radius 3 is 2.50 bits per heavy atom. The maximum absolute atomic E-state index is 6.61. The van der Waals surface area contributed by atoms with E-state index >= 15 is 0 Å². The van der Waals surface area contributed by atoms with Crippen molar-refractivity contribution in [2.45, 2.75) is 88.2 Å². The predicted molar refractivity (Wildman–Crippen MR) is 79.1 cm³/mol. The Hall–Kier alpha value is 0.440. The summed E-state index contributed by atoms with van der Waals surface area (Å²) in [5.41, 5.74) is 0.524. The highest BCUT2D eigenvalue weighted by molar-refractivity contribution is 9.09. The SMILES string of the molecule is CCC1CCCCC1OC1CC(Br)C12CCCC2. The number of ether oxygens (including phenoxy) is 1. The van der Waals surface area contributed by atoms with E-state index in [2.05, 4.69) is 22.9 Å². The summed E-state index contributed by atoms with van der Waals surface area (Å²) in [6, 6.07) is 0. The smallest absolute Gasteiger partial charge is 0.0656 e. The fourth-order valence-electron chi connectivity index (χ4n) is 4.59. The Balaban J connectivity index is 1.62. The van der Waals surface area contributed by atoms with Crippen LogP contribution in [-0.4, -0.2) is 17.0 Å². The maximum atomic E-state index is 6.61. The van der Waals surface area contributed by atoms with Crippen LogP contribution in [0.2, 0.25) is 0 Å². The van der Waals surface area contributed by atoms with Crippen LogP contribution in [0.4, 0.5) is 0 Å². The molecular formula is C16H27BrO. The molecule has 0 heterocycles. The molecule has 0 aromatic carbocycles. The maximum Gasteiger partial charge on any atom is 0.0656 e. The van der Waals surface area contributed by atoms with Gasteiger partial charge < -0.3 is 4.74 Å². The molecular weight excluding hydrogens is 288 g/mol. The molecule has 0 saturated heterocycles. The molecule has 4 atom stereocenters. The van der Waals surface area contributed by atoms with E-state index in [4.69, 9.17) is 4.74 Å². The molecule has 3 aliphatic rings. The van der Waals surface area contributed by atoms with Crippen LogP contribution in [0.25, 0.3) is 0 Å². The van der Waals surface area contributed by atoms with Crippen molar-refractivity contribution in [3.63, 3.8) is 0 Å². The average molecular weight is 315 g/mol. The molecule has 0 bridgehead atoms. The summed E-state index contributed by atoms with van der Waals surface area (Å²) in [6.45, 7) is 2.34. The zero-order chi connectivity index (χ0) is 12.6. The van der Waals surface area contributed by atoms with Crippen molar-refractivity contribution >= 4 is 15.9 Å². The van der Waals surface area contributed by atoms with Gasteiger partial charge in [0.15, 0.2) is 0 Å². The van der Waals surface area contributed by atoms with Crippen LogP contribution in [-0.2, 0) is 4.74 Å². The highest BCUT2D eigenvalue weighted by atomic mass is 79.9. The zero-order valence-electron chi connectivity index (χ0n) is 11.7. The van der Waals surface area contributed by atoms with Gasteiger partial charge in [0.05, 0.1) is 12.2 Å². The molecule has 3 fully saturated rings. The van der Waals surface area contributed by atoms with Crippen molar-refractivity contribution in [3.05, 3.63) is 0 Å². The summed E-state index contributed by atoms with van der Waals surface area (Å²) in [7, 11) is 0. The lowest BCUT2D eigenvalue weighted by atomic mass is 9.64. The Morgan fingerprint density at radius 1 is 1.11 bits per heavy atom. The standard InChI is InChI=1S/C16H27BrO/c1-2-12-7-3-4-8-13(12)18-15-11-14(17)16(15)9-5-6-10-16/h12-15H,2-11H2,1H3. The first-order chi connectivity index (χ1) is 8.76. The molecule has 2 heteroatoms. The summed E-state index contributed by atoms with van der Waals surface area (Å²) < 4.78 is 6.61. The minimum atomic E-state index is 0.524. The van der Waals surface area contributed by atoms with Gasteiger partial charge in [0.1, 0.15) is 0 Å². The van der Waals surface area contributed by atoms with Crippen molar-refractivity contribution in [3.8, 4) is 0 Å². The minimum absolute atomic E-state index is 0.524. The highest BCUT2D eigenvalue weighted by Crippen LogP contribution is 2.58. The van der Waals surface area contributed by atoms with E-state index in [0.29, 0.717) is 17.6 Å². The van der Waals surface area contributed by atoms with Crippen LogP contribution in [0.3, 0.4) is 0 Å². The van der Waals surface area contributed by atoms with Crippen molar-refractivity contribution in [2.75, 3.05) is 0 Å². The molecule has 0 aliphatic heterocycles. The molecule has 0 aromatic rings.